The summed E-state index contributed by atoms with van der Waals surface area (Å²) in [6.45, 7) is 1.90. The van der Waals surface area contributed by atoms with Gasteiger partial charge in [-0.25, -0.2) is 0 Å². The molecule has 0 aromatic heterocycles. The number of benzene rings is 1. The summed E-state index contributed by atoms with van der Waals surface area (Å²) in [4.78, 5) is 14.7. The van der Waals surface area contributed by atoms with Gasteiger partial charge in [0.05, 0.1) is 19.1 Å². The molecule has 0 spiro atoms. The molecular weight excluding hydrogens is 304 g/mol. The number of piperidine rings is 1. The van der Waals surface area contributed by atoms with Crippen LogP contribution in [0, 0.1) is 5.92 Å². The summed E-state index contributed by atoms with van der Waals surface area (Å²) in [7, 11) is 3.72. The molecule has 132 valence electrons. The van der Waals surface area contributed by atoms with Crippen molar-refractivity contribution in [1.82, 2.24) is 4.90 Å². The summed E-state index contributed by atoms with van der Waals surface area (Å²) in [6.07, 6.45) is 6.92. The molecule has 0 radical (unpaired) electrons. The maximum atomic E-state index is 12.5. The normalized spacial score (nSPS) is 22.3. The highest BCUT2D eigenvalue weighted by Crippen LogP contribution is 2.34. The van der Waals surface area contributed by atoms with Crippen molar-refractivity contribution in [2.24, 2.45) is 5.92 Å². The Morgan fingerprint density at radius 1 is 1.17 bits per heavy atom. The molecule has 24 heavy (non-hydrogen) atoms. The molecule has 1 saturated heterocycles. The van der Waals surface area contributed by atoms with Gasteiger partial charge in [-0.15, -0.1) is 0 Å². The highest BCUT2D eigenvalue weighted by atomic mass is 16.5. The van der Waals surface area contributed by atoms with Gasteiger partial charge in [0.15, 0.2) is 11.5 Å². The Morgan fingerprint density at radius 2 is 1.96 bits per heavy atom. The van der Waals surface area contributed by atoms with E-state index >= 15 is 0 Å². The number of rotatable bonds is 5. The van der Waals surface area contributed by atoms with Gasteiger partial charge >= 0.3 is 0 Å². The number of methoxy groups -OCH3 is 1. The number of anilines is 1. The lowest BCUT2D eigenvalue weighted by Crippen LogP contribution is -2.38. The zero-order valence-electron chi connectivity index (χ0n) is 14.7. The lowest BCUT2D eigenvalue weighted by atomic mass is 9.97. The van der Waals surface area contributed by atoms with E-state index in [1.807, 2.05) is 18.2 Å². The SMILES string of the molecule is COc1ccc(NC(=O)C2CCCN(C)C2)cc1OC1CCCC1. The second kappa shape index (κ2) is 7.88. The van der Waals surface area contributed by atoms with Gasteiger partial charge < -0.3 is 19.7 Å². The monoisotopic (exact) mass is 332 g/mol. The highest BCUT2D eigenvalue weighted by Gasteiger charge is 2.24. The first-order chi connectivity index (χ1) is 11.7. The van der Waals surface area contributed by atoms with E-state index in [0.717, 1.165) is 56.0 Å². The largest absolute Gasteiger partial charge is 0.493 e. The maximum Gasteiger partial charge on any atom is 0.228 e. The lowest BCUT2D eigenvalue weighted by Gasteiger charge is -2.28. The van der Waals surface area contributed by atoms with Crippen LogP contribution in [0.4, 0.5) is 5.69 Å². The van der Waals surface area contributed by atoms with Crippen molar-refractivity contribution in [3.05, 3.63) is 18.2 Å². The Balaban J connectivity index is 1.67. The van der Waals surface area contributed by atoms with Crippen LogP contribution in [0.15, 0.2) is 18.2 Å². The number of amides is 1. The van der Waals surface area contributed by atoms with Crippen LogP contribution in [0.3, 0.4) is 0 Å². The summed E-state index contributed by atoms with van der Waals surface area (Å²) >= 11 is 0. The molecule has 1 aromatic rings. The van der Waals surface area contributed by atoms with Crippen molar-refractivity contribution in [3.63, 3.8) is 0 Å². The average molecular weight is 332 g/mol. The first-order valence-electron chi connectivity index (χ1n) is 9.00. The fraction of sp³-hybridized carbons (Fsp3) is 0.632. The first kappa shape index (κ1) is 17.1. The fourth-order valence-electron chi connectivity index (χ4n) is 3.66. The second-order valence-electron chi connectivity index (χ2n) is 6.98. The zero-order valence-corrected chi connectivity index (χ0v) is 14.7. The quantitative estimate of drug-likeness (QED) is 0.899. The summed E-state index contributed by atoms with van der Waals surface area (Å²) in [5.74, 6) is 1.60. The van der Waals surface area contributed by atoms with Crippen LogP contribution in [0.1, 0.15) is 38.5 Å². The molecule has 2 fully saturated rings. The third-order valence-corrected chi connectivity index (χ3v) is 5.02. The van der Waals surface area contributed by atoms with E-state index < -0.39 is 0 Å². The zero-order chi connectivity index (χ0) is 16.9. The number of carbonyl (C=O) groups excluding carboxylic acids is 1. The molecule has 5 heteroatoms. The van der Waals surface area contributed by atoms with Gasteiger partial charge in [0, 0.05) is 18.3 Å². The van der Waals surface area contributed by atoms with Crippen LogP contribution in [-0.4, -0.2) is 44.2 Å². The minimum absolute atomic E-state index is 0.0602. The van der Waals surface area contributed by atoms with Gasteiger partial charge in [-0.05, 0) is 64.3 Å². The van der Waals surface area contributed by atoms with Crippen LogP contribution >= 0.6 is 0 Å². The Hall–Kier alpha value is -1.75. The molecular formula is C19H28N2O3. The number of likely N-dealkylation sites (tertiary alicyclic amines) is 1. The molecule has 5 nitrogen and oxygen atoms in total. The molecule has 1 saturated carbocycles. The molecule has 3 rings (SSSR count). The highest BCUT2D eigenvalue weighted by molar-refractivity contribution is 5.93. The van der Waals surface area contributed by atoms with Crippen LogP contribution < -0.4 is 14.8 Å². The van der Waals surface area contributed by atoms with Crippen molar-refractivity contribution in [1.29, 1.82) is 0 Å². The van der Waals surface area contributed by atoms with E-state index in [4.69, 9.17) is 9.47 Å². The Labute approximate surface area is 144 Å². The summed E-state index contributed by atoms with van der Waals surface area (Å²) in [6, 6.07) is 5.64. The molecule has 1 amide bonds. The van der Waals surface area contributed by atoms with Gasteiger partial charge in [0.1, 0.15) is 0 Å². The van der Waals surface area contributed by atoms with Crippen LogP contribution in [0.25, 0.3) is 0 Å². The molecule has 2 aliphatic rings. The van der Waals surface area contributed by atoms with Crippen LogP contribution in [-0.2, 0) is 4.79 Å². The Morgan fingerprint density at radius 3 is 2.67 bits per heavy atom. The predicted octanol–water partition coefficient (Wildman–Crippen LogP) is 3.30. The molecule has 1 aliphatic heterocycles. The molecule has 0 bridgehead atoms. The molecule has 1 aliphatic carbocycles. The predicted molar refractivity (Wildman–Crippen MR) is 94.7 cm³/mol. The second-order valence-corrected chi connectivity index (χ2v) is 6.98. The van der Waals surface area contributed by atoms with Crippen LogP contribution in [0.2, 0.25) is 0 Å². The average Bonchev–Trinajstić information content (AvgIpc) is 3.08. The molecule has 1 unspecified atom stereocenters. The number of hydrogen-bond acceptors (Lipinski definition) is 4. The number of nitrogens with zero attached hydrogens (tertiary/aromatic N) is 1. The summed E-state index contributed by atoms with van der Waals surface area (Å²) in [5, 5.41) is 3.05. The van der Waals surface area contributed by atoms with Gasteiger partial charge in [-0.1, -0.05) is 0 Å². The minimum Gasteiger partial charge on any atom is -0.493 e. The van der Waals surface area contributed by atoms with Gasteiger partial charge in [-0.2, -0.15) is 0 Å². The molecule has 1 atom stereocenters. The van der Waals surface area contributed by atoms with E-state index in [0.29, 0.717) is 0 Å². The van der Waals surface area contributed by atoms with E-state index in [9.17, 15) is 4.79 Å². The van der Waals surface area contributed by atoms with E-state index in [2.05, 4.69) is 17.3 Å². The van der Waals surface area contributed by atoms with Crippen molar-refractivity contribution in [3.8, 4) is 11.5 Å². The first-order valence-corrected chi connectivity index (χ1v) is 9.00. The van der Waals surface area contributed by atoms with Crippen molar-refractivity contribution in [2.75, 3.05) is 32.6 Å². The van der Waals surface area contributed by atoms with Gasteiger partial charge in [0.25, 0.3) is 0 Å². The molecule has 1 N–H and O–H groups in total. The molecule has 1 aromatic carbocycles. The Bertz CT molecular complexity index is 570. The van der Waals surface area contributed by atoms with E-state index in [1.165, 1.54) is 12.8 Å². The lowest BCUT2D eigenvalue weighted by molar-refractivity contribution is -0.121. The minimum atomic E-state index is 0.0602. The number of hydrogen-bond donors (Lipinski definition) is 1. The molecule has 1 heterocycles. The summed E-state index contributed by atoms with van der Waals surface area (Å²) < 4.78 is 11.5. The number of nitrogens with one attached hydrogen (secondary N) is 1. The summed E-state index contributed by atoms with van der Waals surface area (Å²) in [5.41, 5.74) is 0.780. The third kappa shape index (κ3) is 4.20. The van der Waals surface area contributed by atoms with Gasteiger partial charge in [0.2, 0.25) is 5.91 Å². The van der Waals surface area contributed by atoms with E-state index in [-0.39, 0.29) is 17.9 Å². The van der Waals surface area contributed by atoms with Crippen LogP contribution in [0.5, 0.6) is 11.5 Å². The van der Waals surface area contributed by atoms with Gasteiger partial charge in [-0.3, -0.25) is 4.79 Å². The van der Waals surface area contributed by atoms with Crippen molar-refractivity contribution >= 4 is 11.6 Å². The fourth-order valence-corrected chi connectivity index (χ4v) is 3.66. The smallest absolute Gasteiger partial charge is 0.228 e. The van der Waals surface area contributed by atoms with E-state index in [1.54, 1.807) is 7.11 Å². The maximum absolute atomic E-state index is 12.5. The van der Waals surface area contributed by atoms with Crippen molar-refractivity contribution < 1.29 is 14.3 Å². The topological polar surface area (TPSA) is 50.8 Å². The Kier molecular flexibility index (Phi) is 5.61. The standard InChI is InChI=1S/C19H28N2O3/c1-21-11-5-6-14(13-21)19(22)20-15-9-10-17(23-2)18(12-15)24-16-7-3-4-8-16/h9-10,12,14,16H,3-8,11,13H2,1-2H3,(H,20,22). The number of ether oxygens (including phenoxy) is 2. The van der Waals surface area contributed by atoms with Crippen molar-refractivity contribution in [2.45, 2.75) is 44.6 Å². The third-order valence-electron chi connectivity index (χ3n) is 5.02. The number of carbonyl (C=O) groups is 1.